The molecule has 8 heteroatoms. The standard InChI is InChI=1S/C20H23N5O2S/c1-12(21)9-18(28)25-16-11-14(7-8-15(16)19(22)26)24-17(20(23)27)10-13-5-3-2-4-6-13/h2-8,11,17,21,24H,9-10H2,1H3,(H2,22,26)(H2,23,27)(H,25,28). The van der Waals surface area contributed by atoms with Crippen LogP contribution in [0.2, 0.25) is 0 Å². The molecule has 0 bridgehead atoms. The van der Waals surface area contributed by atoms with E-state index in [4.69, 9.17) is 29.1 Å². The van der Waals surface area contributed by atoms with Gasteiger partial charge in [0.2, 0.25) is 5.91 Å². The van der Waals surface area contributed by atoms with Gasteiger partial charge >= 0.3 is 0 Å². The first kappa shape index (κ1) is 21.0. The van der Waals surface area contributed by atoms with E-state index in [2.05, 4.69) is 10.6 Å². The molecule has 2 aromatic rings. The summed E-state index contributed by atoms with van der Waals surface area (Å²) in [4.78, 5) is 24.0. The van der Waals surface area contributed by atoms with Gasteiger partial charge in [0.1, 0.15) is 6.04 Å². The lowest BCUT2D eigenvalue weighted by atomic mass is 10.0. The number of nitrogens with one attached hydrogen (secondary N) is 3. The zero-order valence-electron chi connectivity index (χ0n) is 15.5. The molecule has 0 saturated carbocycles. The smallest absolute Gasteiger partial charge is 0.250 e. The number of benzene rings is 2. The first-order valence-electron chi connectivity index (χ1n) is 8.63. The van der Waals surface area contributed by atoms with Crippen molar-refractivity contribution in [3.05, 3.63) is 59.7 Å². The predicted octanol–water partition coefficient (Wildman–Crippen LogP) is 2.46. The van der Waals surface area contributed by atoms with Crippen molar-refractivity contribution in [1.29, 1.82) is 5.41 Å². The summed E-state index contributed by atoms with van der Waals surface area (Å²) in [6.45, 7) is 1.64. The van der Waals surface area contributed by atoms with E-state index in [1.165, 1.54) is 0 Å². The Hall–Kier alpha value is -3.26. The molecule has 1 unspecified atom stereocenters. The van der Waals surface area contributed by atoms with Gasteiger partial charge in [0.05, 0.1) is 16.2 Å². The summed E-state index contributed by atoms with van der Waals surface area (Å²) in [5.41, 5.74) is 13.6. The average molecular weight is 398 g/mol. The van der Waals surface area contributed by atoms with Crippen LogP contribution in [0.1, 0.15) is 29.3 Å². The summed E-state index contributed by atoms with van der Waals surface area (Å²) in [5.74, 6) is -1.11. The minimum atomic E-state index is -0.634. The van der Waals surface area contributed by atoms with Gasteiger partial charge in [-0.15, -0.1) is 0 Å². The van der Waals surface area contributed by atoms with E-state index >= 15 is 0 Å². The Balaban J connectivity index is 2.24. The Bertz CT molecular complexity index is 899. The van der Waals surface area contributed by atoms with E-state index < -0.39 is 17.9 Å². The van der Waals surface area contributed by atoms with Crippen molar-refractivity contribution in [3.8, 4) is 0 Å². The molecule has 0 saturated heterocycles. The van der Waals surface area contributed by atoms with Crippen molar-refractivity contribution in [2.24, 2.45) is 11.5 Å². The molecule has 0 aromatic heterocycles. The van der Waals surface area contributed by atoms with Crippen LogP contribution in [0.15, 0.2) is 48.5 Å². The zero-order valence-corrected chi connectivity index (χ0v) is 16.3. The van der Waals surface area contributed by atoms with E-state index in [1.54, 1.807) is 25.1 Å². The maximum atomic E-state index is 11.9. The fraction of sp³-hybridized carbons (Fsp3) is 0.200. The van der Waals surface area contributed by atoms with Gasteiger partial charge in [-0.2, -0.15) is 0 Å². The van der Waals surface area contributed by atoms with Crippen molar-refractivity contribution < 1.29 is 9.59 Å². The summed E-state index contributed by atoms with van der Waals surface area (Å²) in [5, 5.41) is 13.6. The average Bonchev–Trinajstić information content (AvgIpc) is 2.61. The molecule has 0 radical (unpaired) electrons. The fourth-order valence-electron chi connectivity index (χ4n) is 2.66. The normalized spacial score (nSPS) is 11.3. The van der Waals surface area contributed by atoms with E-state index in [0.29, 0.717) is 28.5 Å². The summed E-state index contributed by atoms with van der Waals surface area (Å²) in [6, 6.07) is 13.7. The van der Waals surface area contributed by atoms with Crippen molar-refractivity contribution in [2.75, 3.05) is 10.6 Å². The maximum absolute atomic E-state index is 11.9. The lowest BCUT2D eigenvalue weighted by Crippen LogP contribution is -2.37. The van der Waals surface area contributed by atoms with E-state index in [-0.39, 0.29) is 12.0 Å². The van der Waals surface area contributed by atoms with E-state index in [0.717, 1.165) is 5.56 Å². The molecule has 0 aliphatic rings. The SMILES string of the molecule is CC(=N)CC(=S)Nc1cc(NC(Cc2ccccc2)C(N)=O)ccc1C(N)=O. The van der Waals surface area contributed by atoms with Crippen LogP contribution >= 0.6 is 12.2 Å². The molecule has 2 rings (SSSR count). The van der Waals surface area contributed by atoms with Crippen LogP contribution < -0.4 is 22.1 Å². The highest BCUT2D eigenvalue weighted by Crippen LogP contribution is 2.22. The second kappa shape index (κ2) is 9.61. The van der Waals surface area contributed by atoms with E-state index in [9.17, 15) is 9.59 Å². The Morgan fingerprint density at radius 2 is 1.82 bits per heavy atom. The van der Waals surface area contributed by atoms with Crippen LogP contribution in [-0.4, -0.2) is 28.6 Å². The van der Waals surface area contributed by atoms with Gasteiger partial charge in [-0.05, 0) is 30.7 Å². The third-order valence-corrected chi connectivity index (χ3v) is 4.20. The molecule has 0 fully saturated rings. The number of rotatable bonds is 9. The van der Waals surface area contributed by atoms with Crippen molar-refractivity contribution >= 4 is 46.1 Å². The lowest BCUT2D eigenvalue weighted by Gasteiger charge is -2.19. The quantitative estimate of drug-likeness (QED) is 0.327. The topological polar surface area (TPSA) is 134 Å². The predicted molar refractivity (Wildman–Crippen MR) is 116 cm³/mol. The van der Waals surface area contributed by atoms with Crippen molar-refractivity contribution in [3.63, 3.8) is 0 Å². The number of anilines is 2. The highest BCUT2D eigenvalue weighted by molar-refractivity contribution is 7.80. The Kier molecular flexibility index (Phi) is 7.22. The summed E-state index contributed by atoms with van der Waals surface area (Å²) in [7, 11) is 0. The Morgan fingerprint density at radius 1 is 1.14 bits per heavy atom. The second-order valence-electron chi connectivity index (χ2n) is 6.42. The van der Waals surface area contributed by atoms with Gasteiger partial charge < -0.3 is 27.5 Å². The van der Waals surface area contributed by atoms with Crippen LogP contribution in [0.5, 0.6) is 0 Å². The third-order valence-electron chi connectivity index (χ3n) is 3.95. The largest absolute Gasteiger partial charge is 0.373 e. The van der Waals surface area contributed by atoms with Gasteiger partial charge in [0.25, 0.3) is 5.91 Å². The number of carbonyl (C=O) groups is 2. The summed E-state index contributed by atoms with van der Waals surface area (Å²) < 4.78 is 0. The zero-order chi connectivity index (χ0) is 20.7. The number of amides is 2. The maximum Gasteiger partial charge on any atom is 0.250 e. The van der Waals surface area contributed by atoms with Crippen LogP contribution in [0.3, 0.4) is 0 Å². The first-order valence-corrected chi connectivity index (χ1v) is 9.04. The monoisotopic (exact) mass is 397 g/mol. The van der Waals surface area contributed by atoms with Gasteiger partial charge in [0.15, 0.2) is 0 Å². The number of primary amides is 2. The molecule has 2 amide bonds. The van der Waals surface area contributed by atoms with Gasteiger partial charge in [-0.1, -0.05) is 42.5 Å². The van der Waals surface area contributed by atoms with E-state index in [1.807, 2.05) is 30.3 Å². The van der Waals surface area contributed by atoms with Gasteiger partial charge in [-0.25, -0.2) is 0 Å². The number of thiocarbonyl (C=S) groups is 1. The Labute approximate surface area is 169 Å². The minimum Gasteiger partial charge on any atom is -0.373 e. The summed E-state index contributed by atoms with van der Waals surface area (Å²) >= 11 is 5.22. The van der Waals surface area contributed by atoms with Gasteiger partial charge in [-0.3, -0.25) is 9.59 Å². The van der Waals surface area contributed by atoms with Crippen LogP contribution in [0.4, 0.5) is 11.4 Å². The third kappa shape index (κ3) is 6.17. The molecular formula is C20H23N5O2S. The molecule has 28 heavy (non-hydrogen) atoms. The lowest BCUT2D eigenvalue weighted by molar-refractivity contribution is -0.118. The first-order chi connectivity index (χ1) is 13.3. The number of hydrogen-bond donors (Lipinski definition) is 5. The van der Waals surface area contributed by atoms with Crippen LogP contribution in [0, 0.1) is 5.41 Å². The molecule has 0 aliphatic heterocycles. The fourth-order valence-corrected chi connectivity index (χ4v) is 2.99. The molecule has 0 heterocycles. The molecule has 146 valence electrons. The van der Waals surface area contributed by atoms with Crippen LogP contribution in [0.25, 0.3) is 0 Å². The molecular weight excluding hydrogens is 374 g/mol. The number of nitrogens with two attached hydrogens (primary N) is 2. The van der Waals surface area contributed by atoms with Crippen LogP contribution in [-0.2, 0) is 11.2 Å². The number of hydrogen-bond acceptors (Lipinski definition) is 5. The molecule has 0 spiro atoms. The minimum absolute atomic E-state index is 0.259. The summed E-state index contributed by atoms with van der Waals surface area (Å²) in [6.07, 6.45) is 0.686. The molecule has 1 atom stereocenters. The highest BCUT2D eigenvalue weighted by atomic mass is 32.1. The number of carbonyl (C=O) groups excluding carboxylic acids is 2. The molecule has 2 aromatic carbocycles. The molecule has 0 aliphatic carbocycles. The molecule has 7 N–H and O–H groups in total. The van der Waals surface area contributed by atoms with Gasteiger partial charge in [0, 0.05) is 24.2 Å². The highest BCUT2D eigenvalue weighted by Gasteiger charge is 2.17. The Morgan fingerprint density at radius 3 is 2.39 bits per heavy atom. The van der Waals surface area contributed by atoms with Crippen molar-refractivity contribution in [2.45, 2.75) is 25.8 Å². The van der Waals surface area contributed by atoms with Crippen molar-refractivity contribution in [1.82, 2.24) is 0 Å². The molecule has 7 nitrogen and oxygen atoms in total. The second-order valence-corrected chi connectivity index (χ2v) is 6.91.